The molecule has 1 fully saturated rings. The highest BCUT2D eigenvalue weighted by atomic mass is 19.1. The number of aliphatic carboxylic acids is 1. The number of benzene rings is 2. The molecule has 37 heavy (non-hydrogen) atoms. The molecule has 196 valence electrons. The molecule has 1 aliphatic rings. The molecule has 0 spiro atoms. The summed E-state index contributed by atoms with van der Waals surface area (Å²) in [5, 5.41) is 10.5. The Morgan fingerprint density at radius 3 is 1.95 bits per heavy atom. The summed E-state index contributed by atoms with van der Waals surface area (Å²) in [5.74, 6) is -1.82. The molecular weight excluding hydrogens is 478 g/mol. The molecule has 0 unspecified atom stereocenters. The fraction of sp³-hybridized carbons (Fsp3) is 0.414. The molecule has 6 nitrogen and oxygen atoms in total. The standard InChI is InChI=1S/C29H32F2N2O4/c1-19-18-20(2)33-28(32-19)37-26(27(34)35)29(22-8-12-24(30)13-9-22,23-10-14-25(31)15-11-23)36-17-16-21-6-4-3-5-7-21/h8-15,18,21,26H,3-7,16-17H2,1-2H3,(H,34,35)/t26-/m1/s1. The number of nitrogens with zero attached hydrogens (tertiary/aromatic N) is 2. The van der Waals surface area contributed by atoms with E-state index in [4.69, 9.17) is 9.47 Å². The zero-order valence-corrected chi connectivity index (χ0v) is 21.1. The molecule has 1 heterocycles. The van der Waals surface area contributed by atoms with Crippen LogP contribution in [0.1, 0.15) is 61.0 Å². The van der Waals surface area contributed by atoms with E-state index >= 15 is 0 Å². The van der Waals surface area contributed by atoms with Gasteiger partial charge in [0.1, 0.15) is 11.6 Å². The van der Waals surface area contributed by atoms with Gasteiger partial charge < -0.3 is 14.6 Å². The van der Waals surface area contributed by atoms with Crippen LogP contribution in [0.4, 0.5) is 8.78 Å². The molecule has 0 aliphatic heterocycles. The van der Waals surface area contributed by atoms with Crippen molar-refractivity contribution < 1.29 is 28.2 Å². The number of hydrogen-bond acceptors (Lipinski definition) is 5. The number of aromatic nitrogens is 2. The van der Waals surface area contributed by atoms with Gasteiger partial charge in [-0.05, 0) is 67.6 Å². The first-order chi connectivity index (χ1) is 17.8. The van der Waals surface area contributed by atoms with Crippen LogP contribution < -0.4 is 4.74 Å². The Hall–Kier alpha value is -3.39. The van der Waals surface area contributed by atoms with Crippen molar-refractivity contribution in [1.82, 2.24) is 9.97 Å². The van der Waals surface area contributed by atoms with Crippen LogP contribution in [0, 0.1) is 31.4 Å². The minimum Gasteiger partial charge on any atom is -0.478 e. The minimum atomic E-state index is -1.73. The summed E-state index contributed by atoms with van der Waals surface area (Å²) in [5.41, 5.74) is 0.211. The third-order valence-electron chi connectivity index (χ3n) is 6.91. The Morgan fingerprint density at radius 2 is 1.46 bits per heavy atom. The van der Waals surface area contributed by atoms with Gasteiger partial charge in [-0.3, -0.25) is 0 Å². The summed E-state index contributed by atoms with van der Waals surface area (Å²) < 4.78 is 40.4. The number of carbonyl (C=O) groups is 1. The lowest BCUT2D eigenvalue weighted by atomic mass is 9.80. The van der Waals surface area contributed by atoms with Gasteiger partial charge in [-0.2, -0.15) is 0 Å². The van der Waals surface area contributed by atoms with Crippen molar-refractivity contribution in [2.45, 2.75) is 64.1 Å². The van der Waals surface area contributed by atoms with Crippen LogP contribution in [0.2, 0.25) is 0 Å². The van der Waals surface area contributed by atoms with Crippen molar-refractivity contribution in [1.29, 1.82) is 0 Å². The van der Waals surface area contributed by atoms with Crippen molar-refractivity contribution in [2.75, 3.05) is 6.61 Å². The van der Waals surface area contributed by atoms with Crippen LogP contribution in [0.15, 0.2) is 54.6 Å². The van der Waals surface area contributed by atoms with Gasteiger partial charge in [-0.1, -0.05) is 56.4 Å². The van der Waals surface area contributed by atoms with Crippen LogP contribution in [-0.4, -0.2) is 33.8 Å². The third kappa shape index (κ3) is 6.31. The normalized spacial score (nSPS) is 15.4. The monoisotopic (exact) mass is 510 g/mol. The van der Waals surface area contributed by atoms with Gasteiger partial charge in [0.15, 0.2) is 5.60 Å². The van der Waals surface area contributed by atoms with Crippen molar-refractivity contribution in [3.63, 3.8) is 0 Å². The zero-order chi connectivity index (χ0) is 26.4. The molecule has 4 rings (SSSR count). The average molecular weight is 511 g/mol. The summed E-state index contributed by atoms with van der Waals surface area (Å²) in [6, 6.07) is 12.5. The first-order valence-corrected chi connectivity index (χ1v) is 12.7. The first kappa shape index (κ1) is 26.7. The van der Waals surface area contributed by atoms with Gasteiger partial charge >= 0.3 is 12.0 Å². The van der Waals surface area contributed by atoms with E-state index in [1.54, 1.807) is 19.9 Å². The van der Waals surface area contributed by atoms with Crippen LogP contribution >= 0.6 is 0 Å². The third-order valence-corrected chi connectivity index (χ3v) is 6.91. The lowest BCUT2D eigenvalue weighted by molar-refractivity contribution is -0.164. The van der Waals surface area contributed by atoms with E-state index in [0.717, 1.165) is 32.1 Å². The maximum absolute atomic E-state index is 14.0. The lowest BCUT2D eigenvalue weighted by Crippen LogP contribution is -2.51. The van der Waals surface area contributed by atoms with Gasteiger partial charge in [-0.15, -0.1) is 0 Å². The Balaban J connectivity index is 1.83. The van der Waals surface area contributed by atoms with E-state index in [2.05, 4.69) is 9.97 Å². The van der Waals surface area contributed by atoms with Crippen molar-refractivity contribution >= 4 is 5.97 Å². The quantitative estimate of drug-likeness (QED) is 0.353. The fourth-order valence-electron chi connectivity index (χ4n) is 5.13. The second-order valence-corrected chi connectivity index (χ2v) is 9.66. The van der Waals surface area contributed by atoms with Crippen molar-refractivity contribution in [2.24, 2.45) is 5.92 Å². The molecule has 0 bridgehead atoms. The lowest BCUT2D eigenvalue weighted by Gasteiger charge is -2.39. The number of halogens is 2. The van der Waals surface area contributed by atoms with E-state index in [0.29, 0.717) is 28.4 Å². The number of rotatable bonds is 10. The summed E-state index contributed by atoms with van der Waals surface area (Å²) in [6.07, 6.45) is 4.81. The number of ether oxygens (including phenoxy) is 2. The summed E-state index contributed by atoms with van der Waals surface area (Å²) in [7, 11) is 0. The molecule has 1 N–H and O–H groups in total. The second kappa shape index (κ2) is 11.8. The van der Waals surface area contributed by atoms with Crippen LogP contribution in [-0.2, 0) is 15.1 Å². The van der Waals surface area contributed by atoms with Gasteiger partial charge in [0.2, 0.25) is 6.10 Å². The fourth-order valence-corrected chi connectivity index (χ4v) is 5.13. The van der Waals surface area contributed by atoms with Crippen LogP contribution in [0.5, 0.6) is 6.01 Å². The van der Waals surface area contributed by atoms with Gasteiger partial charge in [-0.25, -0.2) is 23.5 Å². The maximum atomic E-state index is 14.0. The smallest absolute Gasteiger partial charge is 0.348 e. The number of carboxylic acids is 1. The predicted octanol–water partition coefficient (Wildman–Crippen LogP) is 6.13. The molecule has 1 aliphatic carbocycles. The second-order valence-electron chi connectivity index (χ2n) is 9.66. The van der Waals surface area contributed by atoms with E-state index in [1.165, 1.54) is 55.0 Å². The predicted molar refractivity (Wildman–Crippen MR) is 134 cm³/mol. The average Bonchev–Trinajstić information content (AvgIpc) is 2.87. The maximum Gasteiger partial charge on any atom is 0.348 e. The number of carboxylic acid groups (broad SMARTS) is 1. The molecule has 0 radical (unpaired) electrons. The van der Waals surface area contributed by atoms with Crippen LogP contribution in [0.25, 0.3) is 0 Å². The van der Waals surface area contributed by atoms with Gasteiger partial charge in [0.25, 0.3) is 0 Å². The largest absolute Gasteiger partial charge is 0.478 e. The van der Waals surface area contributed by atoms with E-state index in [-0.39, 0.29) is 12.6 Å². The SMILES string of the molecule is Cc1cc(C)nc(O[C@H](C(=O)O)C(OCCC2CCCCC2)(c2ccc(F)cc2)c2ccc(F)cc2)n1. The Morgan fingerprint density at radius 1 is 0.946 bits per heavy atom. The number of aryl methyl sites for hydroxylation is 2. The van der Waals surface area contributed by atoms with E-state index < -0.39 is 29.3 Å². The molecule has 3 aromatic rings. The minimum absolute atomic E-state index is 0.116. The molecule has 0 amide bonds. The summed E-state index contributed by atoms with van der Waals surface area (Å²) in [4.78, 5) is 21.4. The molecule has 1 saturated carbocycles. The van der Waals surface area contributed by atoms with Crippen LogP contribution in [0.3, 0.4) is 0 Å². The Kier molecular flexibility index (Phi) is 8.48. The Labute approximate surface area is 215 Å². The van der Waals surface area contributed by atoms with Crippen molar-refractivity contribution in [3.05, 3.63) is 88.7 Å². The van der Waals surface area contributed by atoms with E-state index in [1.807, 2.05) is 0 Å². The highest BCUT2D eigenvalue weighted by Crippen LogP contribution is 2.40. The summed E-state index contributed by atoms with van der Waals surface area (Å²) >= 11 is 0. The zero-order valence-electron chi connectivity index (χ0n) is 21.1. The van der Waals surface area contributed by atoms with Gasteiger partial charge in [0, 0.05) is 18.0 Å². The van der Waals surface area contributed by atoms with E-state index in [9.17, 15) is 18.7 Å². The number of hydrogen-bond donors (Lipinski definition) is 1. The first-order valence-electron chi connectivity index (χ1n) is 12.7. The summed E-state index contributed by atoms with van der Waals surface area (Å²) in [6.45, 7) is 3.75. The molecule has 8 heteroatoms. The molecule has 1 atom stereocenters. The van der Waals surface area contributed by atoms with Crippen molar-refractivity contribution in [3.8, 4) is 6.01 Å². The highest BCUT2D eigenvalue weighted by molar-refractivity contribution is 5.76. The molecule has 1 aromatic heterocycles. The topological polar surface area (TPSA) is 81.5 Å². The highest BCUT2D eigenvalue weighted by Gasteiger charge is 2.50. The molecular formula is C29H32F2N2O4. The molecule has 0 saturated heterocycles. The molecule has 2 aromatic carbocycles. The van der Waals surface area contributed by atoms with Gasteiger partial charge in [0.05, 0.1) is 0 Å². The Bertz CT molecular complexity index is 1130.